The molecule has 5 nitrogen and oxygen atoms in total. The Kier molecular flexibility index (Phi) is 7.87. The van der Waals surface area contributed by atoms with E-state index in [2.05, 4.69) is 34.5 Å². The van der Waals surface area contributed by atoms with E-state index in [9.17, 15) is 9.90 Å². The third kappa shape index (κ3) is 6.89. The Hall–Kier alpha value is -2.21. The van der Waals surface area contributed by atoms with Crippen molar-refractivity contribution in [2.24, 2.45) is 5.73 Å². The molecule has 1 heterocycles. The summed E-state index contributed by atoms with van der Waals surface area (Å²) >= 11 is 0. The van der Waals surface area contributed by atoms with Crippen LogP contribution >= 0.6 is 0 Å². The number of amides is 1. The molecule has 1 saturated heterocycles. The van der Waals surface area contributed by atoms with Gasteiger partial charge in [-0.15, -0.1) is 0 Å². The number of hydrogen-bond acceptors (Lipinski definition) is 4. The zero-order valence-corrected chi connectivity index (χ0v) is 19.0. The van der Waals surface area contributed by atoms with Gasteiger partial charge < -0.3 is 16.2 Å². The van der Waals surface area contributed by atoms with Crippen LogP contribution in [0.25, 0.3) is 0 Å². The summed E-state index contributed by atoms with van der Waals surface area (Å²) in [6, 6.07) is 19.7. The summed E-state index contributed by atoms with van der Waals surface area (Å²) < 4.78 is 0. The number of aliphatic hydroxyl groups excluding tert-OH is 1. The molecule has 0 aromatic heterocycles. The van der Waals surface area contributed by atoms with Crippen LogP contribution in [0.3, 0.4) is 0 Å². The highest BCUT2D eigenvalue weighted by Crippen LogP contribution is 2.32. The van der Waals surface area contributed by atoms with Crippen molar-refractivity contribution in [3.05, 3.63) is 71.8 Å². The molecule has 1 amide bonds. The Morgan fingerprint density at radius 1 is 1.13 bits per heavy atom. The summed E-state index contributed by atoms with van der Waals surface area (Å²) in [5.41, 5.74) is 8.42. The lowest BCUT2D eigenvalue weighted by Crippen LogP contribution is -2.57. The van der Waals surface area contributed by atoms with Crippen molar-refractivity contribution in [2.45, 2.75) is 69.7 Å². The van der Waals surface area contributed by atoms with Gasteiger partial charge in [-0.3, -0.25) is 9.69 Å². The number of β-amino-alcohol motifs (C(OH)–C–C–N with tert-alkyl or cyclic N) is 1. The molecule has 5 heteroatoms. The summed E-state index contributed by atoms with van der Waals surface area (Å²) in [4.78, 5) is 15.3. The van der Waals surface area contributed by atoms with Crippen LogP contribution in [0.1, 0.15) is 50.7 Å². The van der Waals surface area contributed by atoms with Crippen LogP contribution in [-0.2, 0) is 11.2 Å². The van der Waals surface area contributed by atoms with Gasteiger partial charge in [0.05, 0.1) is 12.1 Å². The van der Waals surface area contributed by atoms with Gasteiger partial charge in [0.15, 0.2) is 0 Å². The first-order valence-corrected chi connectivity index (χ1v) is 11.3. The van der Waals surface area contributed by atoms with Crippen molar-refractivity contribution in [1.82, 2.24) is 10.2 Å². The van der Waals surface area contributed by atoms with Gasteiger partial charge >= 0.3 is 0 Å². The van der Waals surface area contributed by atoms with Crippen LogP contribution in [0.4, 0.5) is 0 Å². The number of nitrogens with two attached hydrogens (primary N) is 1. The molecule has 0 aliphatic carbocycles. The second-order valence-electron chi connectivity index (χ2n) is 9.80. The van der Waals surface area contributed by atoms with Gasteiger partial charge in [0.25, 0.3) is 0 Å². The number of piperidine rings is 1. The molecular weight excluding hydrogens is 386 g/mol. The summed E-state index contributed by atoms with van der Waals surface area (Å²) in [6.07, 6.45) is 1.62. The fourth-order valence-corrected chi connectivity index (χ4v) is 4.38. The number of carbonyl (C=O) groups excluding carboxylic acids is 1. The highest BCUT2D eigenvalue weighted by Gasteiger charge is 2.36. The van der Waals surface area contributed by atoms with Crippen LogP contribution in [0.15, 0.2) is 60.7 Å². The normalized spacial score (nSPS) is 22.0. The lowest BCUT2D eigenvalue weighted by Gasteiger charge is -2.41. The highest BCUT2D eigenvalue weighted by atomic mass is 16.3. The van der Waals surface area contributed by atoms with Gasteiger partial charge in [-0.25, -0.2) is 0 Å². The summed E-state index contributed by atoms with van der Waals surface area (Å²) in [5.74, 6) is 0.361. The first kappa shape index (κ1) is 23.5. The third-order valence-corrected chi connectivity index (χ3v) is 6.02. The molecule has 0 saturated carbocycles. The molecular formula is C26H37N3O2. The topological polar surface area (TPSA) is 78.6 Å². The molecule has 0 bridgehead atoms. The van der Waals surface area contributed by atoms with Crippen LogP contribution < -0.4 is 11.1 Å². The number of aliphatic hydroxyl groups is 1. The minimum atomic E-state index is -0.696. The molecule has 1 fully saturated rings. The molecule has 2 aromatic carbocycles. The summed E-state index contributed by atoms with van der Waals surface area (Å²) in [7, 11) is 0. The molecule has 0 spiro atoms. The van der Waals surface area contributed by atoms with Gasteiger partial charge in [-0.2, -0.15) is 0 Å². The Morgan fingerprint density at radius 2 is 1.74 bits per heavy atom. The number of benzene rings is 2. The van der Waals surface area contributed by atoms with Gasteiger partial charge in [0, 0.05) is 18.1 Å². The molecule has 3 rings (SSSR count). The monoisotopic (exact) mass is 423 g/mol. The molecule has 0 radical (unpaired) electrons. The van der Waals surface area contributed by atoms with Crippen LogP contribution in [0, 0.1) is 0 Å². The Morgan fingerprint density at radius 3 is 2.35 bits per heavy atom. The number of nitrogens with one attached hydrogen (secondary N) is 1. The van der Waals surface area contributed by atoms with Crippen molar-refractivity contribution in [2.75, 3.05) is 13.1 Å². The van der Waals surface area contributed by atoms with E-state index in [0.29, 0.717) is 18.9 Å². The highest BCUT2D eigenvalue weighted by molar-refractivity contribution is 5.82. The lowest BCUT2D eigenvalue weighted by atomic mass is 9.84. The predicted molar refractivity (Wildman–Crippen MR) is 126 cm³/mol. The van der Waals surface area contributed by atoms with Crippen LogP contribution in [0.5, 0.6) is 0 Å². The maximum absolute atomic E-state index is 13.2. The minimum absolute atomic E-state index is 0.0250. The van der Waals surface area contributed by atoms with E-state index in [4.69, 9.17) is 5.73 Å². The number of likely N-dealkylation sites (tertiary alicyclic amines) is 1. The molecule has 0 unspecified atom stereocenters. The van der Waals surface area contributed by atoms with Crippen molar-refractivity contribution in [1.29, 1.82) is 0 Å². The fraction of sp³-hybridized carbons (Fsp3) is 0.500. The Labute approximate surface area is 186 Å². The number of nitrogens with zero attached hydrogens (tertiary/aromatic N) is 1. The van der Waals surface area contributed by atoms with Crippen LogP contribution in [0.2, 0.25) is 0 Å². The zero-order valence-electron chi connectivity index (χ0n) is 19.0. The van der Waals surface area contributed by atoms with Crippen molar-refractivity contribution >= 4 is 5.91 Å². The van der Waals surface area contributed by atoms with E-state index in [1.807, 2.05) is 57.2 Å². The first-order chi connectivity index (χ1) is 14.7. The SMILES string of the molecule is CC(C)(C)NC(=O)[C@@H]1C[C@H](c2ccccc2)CCN1C[C@@H](O)[C@@H](N)Cc1ccccc1. The molecule has 4 N–H and O–H groups in total. The smallest absolute Gasteiger partial charge is 0.237 e. The van der Waals surface area contributed by atoms with Gasteiger partial charge in [-0.1, -0.05) is 60.7 Å². The molecule has 168 valence electrons. The van der Waals surface area contributed by atoms with Gasteiger partial charge in [0.2, 0.25) is 5.91 Å². The minimum Gasteiger partial charge on any atom is -0.390 e. The molecule has 2 aromatic rings. The average Bonchev–Trinajstić information content (AvgIpc) is 2.74. The molecule has 4 atom stereocenters. The number of rotatable bonds is 7. The average molecular weight is 424 g/mol. The Bertz CT molecular complexity index is 820. The predicted octanol–water partition coefficient (Wildman–Crippen LogP) is 3.08. The second kappa shape index (κ2) is 10.4. The molecule has 1 aliphatic rings. The van der Waals surface area contributed by atoms with Gasteiger partial charge in [0.1, 0.15) is 0 Å². The Balaban J connectivity index is 1.69. The summed E-state index contributed by atoms with van der Waals surface area (Å²) in [6.45, 7) is 7.15. The third-order valence-electron chi connectivity index (χ3n) is 6.02. The number of carbonyl (C=O) groups is 1. The van der Waals surface area contributed by atoms with Crippen molar-refractivity contribution in [3.63, 3.8) is 0 Å². The van der Waals surface area contributed by atoms with Crippen LogP contribution in [-0.4, -0.2) is 52.7 Å². The van der Waals surface area contributed by atoms with E-state index < -0.39 is 6.10 Å². The maximum atomic E-state index is 13.2. The van der Waals surface area contributed by atoms with E-state index in [0.717, 1.165) is 24.9 Å². The van der Waals surface area contributed by atoms with Crippen molar-refractivity contribution in [3.8, 4) is 0 Å². The number of hydrogen-bond donors (Lipinski definition) is 3. The molecule has 1 aliphatic heterocycles. The summed E-state index contributed by atoms with van der Waals surface area (Å²) in [5, 5.41) is 14.0. The van der Waals surface area contributed by atoms with Gasteiger partial charge in [-0.05, 0) is 63.6 Å². The molecule has 31 heavy (non-hydrogen) atoms. The zero-order chi connectivity index (χ0) is 22.4. The van der Waals surface area contributed by atoms with Crippen molar-refractivity contribution < 1.29 is 9.90 Å². The second-order valence-corrected chi connectivity index (χ2v) is 9.80. The lowest BCUT2D eigenvalue weighted by molar-refractivity contribution is -0.130. The first-order valence-electron chi connectivity index (χ1n) is 11.3. The largest absolute Gasteiger partial charge is 0.390 e. The van der Waals surface area contributed by atoms with E-state index in [1.165, 1.54) is 5.56 Å². The van der Waals surface area contributed by atoms with E-state index in [1.54, 1.807) is 0 Å². The quantitative estimate of drug-likeness (QED) is 0.640. The standard InChI is InChI=1S/C26H37N3O2/c1-26(2,3)28-25(31)23-17-21(20-12-8-5-9-13-20)14-15-29(23)18-24(30)22(27)16-19-10-6-4-7-11-19/h4-13,21-24,30H,14-18,27H2,1-3H3,(H,28,31)/t21-,22+,23+,24-/m1/s1. The fourth-order valence-electron chi connectivity index (χ4n) is 4.38. The van der Waals surface area contributed by atoms with E-state index in [-0.39, 0.29) is 23.5 Å². The van der Waals surface area contributed by atoms with E-state index >= 15 is 0 Å². The maximum Gasteiger partial charge on any atom is 0.237 e.